The van der Waals surface area contributed by atoms with Gasteiger partial charge in [-0.1, -0.05) is 12.1 Å². The highest BCUT2D eigenvalue weighted by atomic mass is 16.5. The molecule has 1 aromatic rings. The van der Waals surface area contributed by atoms with E-state index in [4.69, 9.17) is 10.5 Å². The molecule has 1 aromatic carbocycles. The molecule has 2 N–H and O–H groups in total. The van der Waals surface area contributed by atoms with E-state index in [0.717, 1.165) is 16.9 Å². The Balaban J connectivity index is 2.31. The fourth-order valence-electron chi connectivity index (χ4n) is 1.73. The van der Waals surface area contributed by atoms with Crippen molar-refractivity contribution >= 4 is 6.29 Å². The van der Waals surface area contributed by atoms with Crippen molar-refractivity contribution in [3.05, 3.63) is 29.3 Å². The number of benzene rings is 1. The zero-order valence-corrected chi connectivity index (χ0v) is 7.82. The summed E-state index contributed by atoms with van der Waals surface area (Å²) in [5, 5.41) is 0. The third-order valence-electron chi connectivity index (χ3n) is 2.52. The van der Waals surface area contributed by atoms with Gasteiger partial charge in [0.1, 0.15) is 5.75 Å². The van der Waals surface area contributed by atoms with Crippen molar-refractivity contribution in [3.63, 3.8) is 0 Å². The molecule has 1 unspecified atom stereocenters. The Hall–Kier alpha value is -1.35. The second kappa shape index (κ2) is 3.80. The third-order valence-corrected chi connectivity index (χ3v) is 2.52. The van der Waals surface area contributed by atoms with Crippen molar-refractivity contribution in [2.24, 2.45) is 5.73 Å². The Bertz CT molecular complexity index is 349. The summed E-state index contributed by atoms with van der Waals surface area (Å²) in [5.74, 6) is 1.04. The maximum atomic E-state index is 10.3. The van der Waals surface area contributed by atoms with E-state index in [1.54, 1.807) is 0 Å². The van der Waals surface area contributed by atoms with Crippen molar-refractivity contribution in [1.29, 1.82) is 0 Å². The molecule has 1 atom stereocenters. The number of nitrogens with two attached hydrogens (primary N) is 1. The molecule has 1 aliphatic heterocycles. The van der Waals surface area contributed by atoms with Gasteiger partial charge < -0.3 is 10.5 Å². The van der Waals surface area contributed by atoms with Crippen LogP contribution in [0.2, 0.25) is 0 Å². The molecule has 3 heteroatoms. The number of fused-ring (bicyclic) bond motifs is 1. The van der Waals surface area contributed by atoms with Gasteiger partial charge >= 0.3 is 0 Å². The molecule has 1 heterocycles. The Labute approximate surface area is 82.9 Å². The Morgan fingerprint density at radius 2 is 2.43 bits per heavy atom. The predicted molar refractivity (Wildman–Crippen MR) is 52.9 cm³/mol. The summed E-state index contributed by atoms with van der Waals surface area (Å²) >= 11 is 0. The van der Waals surface area contributed by atoms with Crippen LogP contribution in [0, 0.1) is 0 Å². The van der Waals surface area contributed by atoms with Gasteiger partial charge in [0.25, 0.3) is 0 Å². The number of carbonyl (C=O) groups excluding carboxylic acids is 1. The molecule has 14 heavy (non-hydrogen) atoms. The minimum Gasteiger partial charge on any atom is -0.493 e. The first-order valence-corrected chi connectivity index (χ1v) is 4.66. The van der Waals surface area contributed by atoms with E-state index in [0.29, 0.717) is 19.6 Å². The lowest BCUT2D eigenvalue weighted by Gasteiger charge is -2.04. The highest BCUT2D eigenvalue weighted by molar-refractivity contribution is 5.55. The van der Waals surface area contributed by atoms with Crippen molar-refractivity contribution in [1.82, 2.24) is 0 Å². The van der Waals surface area contributed by atoms with Gasteiger partial charge in [0.2, 0.25) is 0 Å². The third kappa shape index (κ3) is 1.51. The van der Waals surface area contributed by atoms with E-state index in [1.807, 2.05) is 24.5 Å². The summed E-state index contributed by atoms with van der Waals surface area (Å²) in [7, 11) is 0. The number of hydrogen-bond donors (Lipinski definition) is 1. The second-order valence-electron chi connectivity index (χ2n) is 3.43. The molecule has 0 amide bonds. The smallest absolute Gasteiger partial charge is 0.199 e. The van der Waals surface area contributed by atoms with E-state index in [2.05, 4.69) is 0 Å². The molecule has 0 aromatic heterocycles. The lowest BCUT2D eigenvalue weighted by atomic mass is 9.97. The first-order valence-electron chi connectivity index (χ1n) is 4.66. The van der Waals surface area contributed by atoms with E-state index < -0.39 is 0 Å². The largest absolute Gasteiger partial charge is 0.493 e. The van der Waals surface area contributed by atoms with E-state index in [-0.39, 0.29) is 5.92 Å². The van der Waals surface area contributed by atoms with Gasteiger partial charge in [0.05, 0.1) is 6.61 Å². The summed E-state index contributed by atoms with van der Waals surface area (Å²) in [5.41, 5.74) is 7.71. The highest BCUT2D eigenvalue weighted by Crippen LogP contribution is 2.35. The number of hydrogen-bond acceptors (Lipinski definition) is 3. The Morgan fingerprint density at radius 3 is 3.14 bits per heavy atom. The molecular weight excluding hydrogens is 178 g/mol. The van der Waals surface area contributed by atoms with Gasteiger partial charge in [-0.2, -0.15) is 0 Å². The summed E-state index contributed by atoms with van der Waals surface area (Å²) in [6.45, 7) is 1.10. The molecule has 73 valence electrons. The fraction of sp³-hybridized carbons (Fsp3) is 0.364. The zero-order chi connectivity index (χ0) is 9.97. The van der Waals surface area contributed by atoms with Crippen LogP contribution < -0.4 is 10.5 Å². The van der Waals surface area contributed by atoms with Crippen LogP contribution in [0.1, 0.15) is 23.5 Å². The van der Waals surface area contributed by atoms with Gasteiger partial charge in [-0.3, -0.25) is 4.79 Å². The van der Waals surface area contributed by atoms with Gasteiger partial charge in [-0.05, 0) is 11.6 Å². The summed E-state index contributed by atoms with van der Waals surface area (Å²) in [4.78, 5) is 10.3. The van der Waals surface area contributed by atoms with Gasteiger partial charge in [-0.25, -0.2) is 0 Å². The van der Waals surface area contributed by atoms with E-state index >= 15 is 0 Å². The summed E-state index contributed by atoms with van der Waals surface area (Å²) < 4.78 is 5.44. The average molecular weight is 190 g/mol. The molecule has 1 radical (unpaired) electrons. The molecule has 1 aliphatic rings. The fourth-order valence-corrected chi connectivity index (χ4v) is 1.73. The first kappa shape index (κ1) is 9.21. The van der Waals surface area contributed by atoms with Crippen LogP contribution in [-0.2, 0) is 11.3 Å². The van der Waals surface area contributed by atoms with Crippen molar-refractivity contribution in [3.8, 4) is 5.75 Å². The van der Waals surface area contributed by atoms with Crippen LogP contribution in [0.4, 0.5) is 0 Å². The Kier molecular flexibility index (Phi) is 2.50. The van der Waals surface area contributed by atoms with Gasteiger partial charge in [0, 0.05) is 24.4 Å². The zero-order valence-electron chi connectivity index (χ0n) is 7.82. The molecule has 0 fully saturated rings. The SMILES string of the molecule is NCc1ccc2c(c1)C(C[C]=O)CO2. The molecule has 0 spiro atoms. The normalized spacial score (nSPS) is 18.8. The standard InChI is InChI=1S/C11H12NO2/c12-6-8-1-2-11-10(5-8)9(3-4-13)7-14-11/h1-2,5,9H,3,6-7,12H2. The Morgan fingerprint density at radius 1 is 1.57 bits per heavy atom. The van der Waals surface area contributed by atoms with Crippen LogP contribution in [0.3, 0.4) is 0 Å². The molecule has 3 nitrogen and oxygen atoms in total. The minimum absolute atomic E-state index is 0.161. The van der Waals surface area contributed by atoms with E-state index in [9.17, 15) is 4.79 Å². The first-order chi connectivity index (χ1) is 6.85. The van der Waals surface area contributed by atoms with Crippen LogP contribution in [0.25, 0.3) is 0 Å². The highest BCUT2D eigenvalue weighted by Gasteiger charge is 2.23. The van der Waals surface area contributed by atoms with Crippen molar-refractivity contribution < 1.29 is 9.53 Å². The lowest BCUT2D eigenvalue weighted by molar-refractivity contribution is 0.332. The maximum absolute atomic E-state index is 10.3. The molecule has 0 aliphatic carbocycles. The topological polar surface area (TPSA) is 52.3 Å². The van der Waals surface area contributed by atoms with Gasteiger partial charge in [-0.15, -0.1) is 0 Å². The maximum Gasteiger partial charge on any atom is 0.199 e. The van der Waals surface area contributed by atoms with Crippen LogP contribution in [0.5, 0.6) is 5.75 Å². The molecule has 0 bridgehead atoms. The van der Waals surface area contributed by atoms with E-state index in [1.165, 1.54) is 0 Å². The van der Waals surface area contributed by atoms with Crippen molar-refractivity contribution in [2.75, 3.05) is 6.61 Å². The number of rotatable bonds is 3. The van der Waals surface area contributed by atoms with Crippen LogP contribution in [-0.4, -0.2) is 12.9 Å². The van der Waals surface area contributed by atoms with Crippen LogP contribution in [0.15, 0.2) is 18.2 Å². The number of ether oxygens (including phenoxy) is 1. The minimum atomic E-state index is 0.161. The summed E-state index contributed by atoms with van der Waals surface area (Å²) in [6, 6.07) is 5.89. The molecule has 0 saturated carbocycles. The monoisotopic (exact) mass is 190 g/mol. The summed E-state index contributed by atoms with van der Waals surface area (Å²) in [6.07, 6.45) is 2.33. The molecular formula is C11H12NO2. The second-order valence-corrected chi connectivity index (χ2v) is 3.43. The average Bonchev–Trinajstić information content (AvgIpc) is 2.61. The van der Waals surface area contributed by atoms with Crippen molar-refractivity contribution in [2.45, 2.75) is 18.9 Å². The molecule has 0 saturated heterocycles. The lowest BCUT2D eigenvalue weighted by Crippen LogP contribution is -2.01. The van der Waals surface area contributed by atoms with Crippen LogP contribution >= 0.6 is 0 Å². The predicted octanol–water partition coefficient (Wildman–Crippen LogP) is 1.12. The quantitative estimate of drug-likeness (QED) is 0.777. The van der Waals surface area contributed by atoms with Gasteiger partial charge in [0.15, 0.2) is 6.29 Å². The molecule has 2 rings (SSSR count).